The van der Waals surface area contributed by atoms with Crippen LogP contribution in [0.5, 0.6) is 0 Å². The highest BCUT2D eigenvalue weighted by atomic mass is 32.2. The molecule has 0 saturated heterocycles. The topological polar surface area (TPSA) is 91.1 Å². The summed E-state index contributed by atoms with van der Waals surface area (Å²) in [5.41, 5.74) is 2.04. The van der Waals surface area contributed by atoms with Crippen molar-refractivity contribution in [2.45, 2.75) is 25.4 Å². The van der Waals surface area contributed by atoms with Gasteiger partial charge in [0.2, 0.25) is 0 Å². The van der Waals surface area contributed by atoms with E-state index in [9.17, 15) is 9.18 Å². The lowest BCUT2D eigenvalue weighted by Gasteiger charge is -2.21. The summed E-state index contributed by atoms with van der Waals surface area (Å²) in [6.07, 6.45) is 3.97. The third-order valence-corrected chi connectivity index (χ3v) is 5.81. The third-order valence-electron chi connectivity index (χ3n) is 4.48. The largest absolute Gasteiger partial charge is 0.398 e. The van der Waals surface area contributed by atoms with Crippen molar-refractivity contribution in [1.29, 1.82) is 0 Å². The number of amides is 1. The van der Waals surface area contributed by atoms with E-state index >= 15 is 0 Å². The Balaban J connectivity index is 1.66. The third kappa shape index (κ3) is 4.56. The number of oxime groups is 2. The van der Waals surface area contributed by atoms with Gasteiger partial charge < -0.3 is 19.9 Å². The zero-order valence-electron chi connectivity index (χ0n) is 17.1. The van der Waals surface area contributed by atoms with E-state index in [0.29, 0.717) is 17.5 Å². The van der Waals surface area contributed by atoms with Crippen molar-refractivity contribution in [3.05, 3.63) is 45.7 Å². The predicted octanol–water partition coefficient (Wildman–Crippen LogP) is 2.27. The number of carbonyl (C=O) groups is 1. The summed E-state index contributed by atoms with van der Waals surface area (Å²) in [7, 11) is 4.78. The lowest BCUT2D eigenvalue weighted by atomic mass is 10.0. The first-order valence-electron chi connectivity index (χ1n) is 9.13. The molecule has 3 rings (SSSR count). The van der Waals surface area contributed by atoms with Gasteiger partial charge in [-0.1, -0.05) is 22.1 Å². The maximum atomic E-state index is 13.8. The average Bonchev–Trinajstić information content (AvgIpc) is 3.24. The first-order valence-corrected chi connectivity index (χ1v) is 10.0. The van der Waals surface area contributed by atoms with Gasteiger partial charge >= 0.3 is 0 Å². The van der Waals surface area contributed by atoms with E-state index in [2.05, 4.69) is 20.7 Å². The van der Waals surface area contributed by atoms with E-state index in [1.165, 1.54) is 37.3 Å². The molecule has 0 aromatic heterocycles. The van der Waals surface area contributed by atoms with E-state index in [0.717, 1.165) is 5.70 Å². The molecule has 0 bridgehead atoms. The molecular weight excluding hydrogens is 411 g/mol. The number of hydrazone groups is 1. The van der Waals surface area contributed by atoms with Gasteiger partial charge in [0.1, 0.15) is 25.9 Å². The zero-order valence-corrected chi connectivity index (χ0v) is 17.9. The van der Waals surface area contributed by atoms with Crippen molar-refractivity contribution in [3.8, 4) is 0 Å². The Morgan fingerprint density at radius 2 is 2.27 bits per heavy atom. The fourth-order valence-electron chi connectivity index (χ4n) is 3.00. The number of likely N-dealkylation sites (N-methyl/N-ethyl adjacent to an activating group) is 1. The fourth-order valence-corrected chi connectivity index (χ4v) is 4.13. The molecule has 30 heavy (non-hydrogen) atoms. The van der Waals surface area contributed by atoms with Crippen LogP contribution in [0.4, 0.5) is 4.39 Å². The Hall–Kier alpha value is -3.08. The molecule has 0 spiro atoms. The number of carbonyl (C=O) groups excluding carboxylic acids is 1. The lowest BCUT2D eigenvalue weighted by molar-refractivity contribution is -0.114. The van der Waals surface area contributed by atoms with Crippen LogP contribution in [-0.4, -0.2) is 60.8 Å². The molecule has 1 unspecified atom stereocenters. The number of fused-ring (bicyclic) bond motifs is 1. The van der Waals surface area contributed by atoms with Crippen LogP contribution >= 0.6 is 11.8 Å². The van der Waals surface area contributed by atoms with Gasteiger partial charge in [0.25, 0.3) is 5.91 Å². The zero-order chi connectivity index (χ0) is 21.7. The molecule has 1 aromatic rings. The minimum atomic E-state index is -0.458. The molecule has 160 valence electrons. The first-order chi connectivity index (χ1) is 14.5. The fraction of sp³-hybridized carbons (Fsp3) is 0.368. The Morgan fingerprint density at radius 3 is 3.00 bits per heavy atom. The number of hydrogen-bond acceptors (Lipinski definition) is 9. The Kier molecular flexibility index (Phi) is 6.93. The van der Waals surface area contributed by atoms with Gasteiger partial charge in [-0.25, -0.2) is 9.40 Å². The van der Waals surface area contributed by atoms with Crippen LogP contribution in [0.15, 0.2) is 44.2 Å². The summed E-state index contributed by atoms with van der Waals surface area (Å²) in [4.78, 5) is 25.4. The van der Waals surface area contributed by atoms with E-state index < -0.39 is 11.7 Å². The van der Waals surface area contributed by atoms with Crippen LogP contribution in [0.3, 0.4) is 0 Å². The minimum absolute atomic E-state index is 0.0217. The summed E-state index contributed by atoms with van der Waals surface area (Å²) >= 11 is 1.73. The number of hydrogen-bond donors (Lipinski definition) is 1. The Morgan fingerprint density at radius 1 is 1.47 bits per heavy atom. The van der Waals surface area contributed by atoms with Crippen LogP contribution in [0, 0.1) is 5.82 Å². The van der Waals surface area contributed by atoms with Crippen molar-refractivity contribution in [1.82, 2.24) is 15.2 Å². The standard InChI is InChI=1S/C19H23FN6O3S/c1-12-16(26-19(30-12)25(3)11-22-26)7-8-23-29-10-13-9-14(20)5-6-15(13)17(24-28-4)18(27)21-2/h5-6,8-9,11,19H,7,10H2,1-4H3,(H,21,27). The molecule has 1 N–H and O–H groups in total. The maximum absolute atomic E-state index is 13.8. The van der Waals surface area contributed by atoms with Crippen LogP contribution in [-0.2, 0) is 21.1 Å². The monoisotopic (exact) mass is 434 g/mol. The summed E-state index contributed by atoms with van der Waals surface area (Å²) in [5.74, 6) is -0.916. The predicted molar refractivity (Wildman–Crippen MR) is 114 cm³/mol. The number of halogens is 1. The highest BCUT2D eigenvalue weighted by Gasteiger charge is 2.35. The Labute approximate surface area is 178 Å². The number of allylic oxidation sites excluding steroid dienone is 2. The first kappa shape index (κ1) is 21.6. The molecule has 0 radical (unpaired) electrons. The summed E-state index contributed by atoms with van der Waals surface area (Å²) in [6.45, 7) is 2.01. The molecular formula is C19H23FN6O3S. The molecule has 0 fully saturated rings. The molecule has 0 aliphatic carbocycles. The second-order valence-electron chi connectivity index (χ2n) is 6.46. The molecule has 0 saturated carbocycles. The van der Waals surface area contributed by atoms with E-state index in [1.54, 1.807) is 24.3 Å². The van der Waals surface area contributed by atoms with Crippen LogP contribution in [0.25, 0.3) is 0 Å². The van der Waals surface area contributed by atoms with Gasteiger partial charge in [-0.15, -0.1) is 0 Å². The molecule has 9 nitrogen and oxygen atoms in total. The van der Waals surface area contributed by atoms with Gasteiger partial charge in [-0.3, -0.25) is 4.79 Å². The van der Waals surface area contributed by atoms with Crippen molar-refractivity contribution in [3.63, 3.8) is 0 Å². The van der Waals surface area contributed by atoms with Gasteiger partial charge in [0.05, 0.1) is 5.70 Å². The average molecular weight is 434 g/mol. The summed E-state index contributed by atoms with van der Waals surface area (Å²) in [5, 5.41) is 16.6. The molecule has 1 amide bonds. The van der Waals surface area contributed by atoms with Crippen molar-refractivity contribution < 1.29 is 18.9 Å². The highest BCUT2D eigenvalue weighted by molar-refractivity contribution is 8.03. The van der Waals surface area contributed by atoms with Crippen LogP contribution < -0.4 is 5.32 Å². The second-order valence-corrected chi connectivity index (χ2v) is 7.73. The lowest BCUT2D eigenvalue weighted by Crippen LogP contribution is -2.30. The number of rotatable bonds is 8. The van der Waals surface area contributed by atoms with Crippen LogP contribution in [0.2, 0.25) is 0 Å². The molecule has 1 atom stereocenters. The number of benzene rings is 1. The van der Waals surface area contributed by atoms with E-state index in [-0.39, 0.29) is 17.8 Å². The highest BCUT2D eigenvalue weighted by Crippen LogP contribution is 2.41. The summed E-state index contributed by atoms with van der Waals surface area (Å²) < 4.78 is 13.8. The molecule has 2 aliphatic heterocycles. The van der Waals surface area contributed by atoms with Crippen LogP contribution in [0.1, 0.15) is 24.5 Å². The van der Waals surface area contributed by atoms with Crippen molar-refractivity contribution in [2.24, 2.45) is 15.4 Å². The minimum Gasteiger partial charge on any atom is -0.398 e. The van der Waals surface area contributed by atoms with E-state index in [4.69, 9.17) is 9.68 Å². The molecule has 2 heterocycles. The SMILES string of the molecule is CNC(=O)C(=NOC)c1ccc(F)cc1CON=CCC1=C(C)SC2N(C)C=NN12. The smallest absolute Gasteiger partial charge is 0.273 e. The molecule has 11 heteroatoms. The van der Waals surface area contributed by atoms with Gasteiger partial charge in [-0.2, -0.15) is 5.10 Å². The number of thioether (sulfide) groups is 1. The quantitative estimate of drug-likeness (QED) is 0.499. The molecule has 2 aliphatic rings. The Bertz CT molecular complexity index is 933. The van der Waals surface area contributed by atoms with E-state index in [1.807, 2.05) is 23.9 Å². The van der Waals surface area contributed by atoms with Gasteiger partial charge in [0, 0.05) is 42.8 Å². The van der Waals surface area contributed by atoms with Crippen molar-refractivity contribution >= 4 is 35.9 Å². The molecule has 1 aromatic carbocycles. The maximum Gasteiger partial charge on any atom is 0.273 e. The normalized spacial score (nSPS) is 18.4. The van der Waals surface area contributed by atoms with Gasteiger partial charge in [0.15, 0.2) is 11.2 Å². The number of nitrogens with one attached hydrogen (secondary N) is 1. The second kappa shape index (κ2) is 9.61. The van der Waals surface area contributed by atoms with Gasteiger partial charge in [-0.05, 0) is 25.1 Å². The number of nitrogens with zero attached hydrogens (tertiary/aromatic N) is 5. The van der Waals surface area contributed by atoms with Crippen molar-refractivity contribution in [2.75, 3.05) is 21.2 Å². The summed E-state index contributed by atoms with van der Waals surface area (Å²) in [6, 6.07) is 3.97.